The molecule has 1 aliphatic rings. The van der Waals surface area contributed by atoms with Crippen LogP contribution >= 0.6 is 11.6 Å². The van der Waals surface area contributed by atoms with Crippen molar-refractivity contribution >= 4 is 48.9 Å². The molecular weight excluding hydrogens is 466 g/mol. The van der Waals surface area contributed by atoms with Gasteiger partial charge in [-0.3, -0.25) is 9.52 Å². The van der Waals surface area contributed by atoms with Gasteiger partial charge in [-0.25, -0.2) is 21.6 Å². The van der Waals surface area contributed by atoms with Crippen molar-refractivity contribution in [2.24, 2.45) is 0 Å². The minimum absolute atomic E-state index is 0.0339. The van der Waals surface area contributed by atoms with Gasteiger partial charge in [-0.05, 0) is 48.0 Å². The lowest BCUT2D eigenvalue weighted by Gasteiger charge is -2.12. The summed E-state index contributed by atoms with van der Waals surface area (Å²) in [6, 6.07) is 11.3. The highest BCUT2D eigenvalue weighted by Crippen LogP contribution is 2.33. The Morgan fingerprint density at radius 2 is 1.84 bits per heavy atom. The standard InChI is InChI=1S/C19H16ClN3O6S2/c20-16-10-17-12(8-19(24)22-17)7-18(16)31(27,28)23-13-3-1-5-15(9-13)30(25,26)21-11-14-4-2-6-29-14/h1-7,9-10,21,23H,8,11H2,(H,22,24). The van der Waals surface area contributed by atoms with Gasteiger partial charge in [0.2, 0.25) is 15.9 Å². The van der Waals surface area contributed by atoms with E-state index in [9.17, 15) is 21.6 Å². The number of carbonyl (C=O) groups excluding carboxylic acids is 1. The van der Waals surface area contributed by atoms with Gasteiger partial charge < -0.3 is 9.73 Å². The van der Waals surface area contributed by atoms with Crippen molar-refractivity contribution in [3.63, 3.8) is 0 Å². The molecule has 0 spiro atoms. The highest BCUT2D eigenvalue weighted by atomic mass is 35.5. The van der Waals surface area contributed by atoms with E-state index in [1.54, 1.807) is 12.1 Å². The third kappa shape index (κ3) is 4.59. The molecule has 0 fully saturated rings. The molecule has 31 heavy (non-hydrogen) atoms. The van der Waals surface area contributed by atoms with E-state index in [0.29, 0.717) is 17.0 Å². The van der Waals surface area contributed by atoms with Gasteiger partial charge in [0.1, 0.15) is 10.7 Å². The van der Waals surface area contributed by atoms with Crippen LogP contribution in [0.4, 0.5) is 11.4 Å². The van der Waals surface area contributed by atoms with E-state index in [1.807, 2.05) is 0 Å². The maximum absolute atomic E-state index is 12.9. The Balaban J connectivity index is 1.57. The minimum atomic E-state index is -4.14. The number of benzene rings is 2. The van der Waals surface area contributed by atoms with Crippen molar-refractivity contribution in [3.8, 4) is 0 Å². The van der Waals surface area contributed by atoms with E-state index in [1.165, 1.54) is 42.7 Å². The van der Waals surface area contributed by atoms with Gasteiger partial charge >= 0.3 is 0 Å². The molecule has 0 unspecified atom stereocenters. The number of carbonyl (C=O) groups is 1. The number of amides is 1. The number of hydrogen-bond acceptors (Lipinski definition) is 6. The average Bonchev–Trinajstić information content (AvgIpc) is 3.34. The second-order valence-corrected chi connectivity index (χ2v) is 10.5. The molecule has 0 saturated heterocycles. The molecule has 12 heteroatoms. The van der Waals surface area contributed by atoms with Gasteiger partial charge in [-0.1, -0.05) is 17.7 Å². The summed E-state index contributed by atoms with van der Waals surface area (Å²) in [7, 11) is -8.06. The molecule has 2 heterocycles. The first-order chi connectivity index (χ1) is 14.6. The van der Waals surface area contributed by atoms with Gasteiger partial charge in [0.15, 0.2) is 0 Å². The zero-order valence-electron chi connectivity index (χ0n) is 15.8. The summed E-state index contributed by atoms with van der Waals surface area (Å²) in [5.74, 6) is 0.174. The number of hydrogen-bond donors (Lipinski definition) is 3. The van der Waals surface area contributed by atoms with E-state index < -0.39 is 20.0 Å². The number of halogens is 1. The fourth-order valence-electron chi connectivity index (χ4n) is 3.03. The van der Waals surface area contributed by atoms with Crippen LogP contribution in [0.3, 0.4) is 0 Å². The summed E-state index contributed by atoms with van der Waals surface area (Å²) in [5, 5.41) is 2.52. The fourth-order valence-corrected chi connectivity index (χ4v) is 5.70. The van der Waals surface area contributed by atoms with E-state index in [4.69, 9.17) is 16.0 Å². The van der Waals surface area contributed by atoms with Crippen LogP contribution in [0.5, 0.6) is 0 Å². The molecule has 0 atom stereocenters. The van der Waals surface area contributed by atoms with Crippen LogP contribution < -0.4 is 14.8 Å². The Labute approximate surface area is 183 Å². The smallest absolute Gasteiger partial charge is 0.263 e. The fraction of sp³-hybridized carbons (Fsp3) is 0.105. The van der Waals surface area contributed by atoms with Crippen LogP contribution in [-0.2, 0) is 37.8 Å². The zero-order valence-corrected chi connectivity index (χ0v) is 18.1. The minimum Gasteiger partial charge on any atom is -0.468 e. The topological polar surface area (TPSA) is 135 Å². The Hall–Kier alpha value is -2.86. The van der Waals surface area contributed by atoms with Gasteiger partial charge in [0.25, 0.3) is 10.0 Å². The molecule has 3 aromatic rings. The highest BCUT2D eigenvalue weighted by Gasteiger charge is 2.25. The van der Waals surface area contributed by atoms with E-state index in [2.05, 4.69) is 14.8 Å². The summed E-state index contributed by atoms with van der Waals surface area (Å²) in [6.07, 6.45) is 1.47. The summed E-state index contributed by atoms with van der Waals surface area (Å²) >= 11 is 6.12. The van der Waals surface area contributed by atoms with Crippen molar-refractivity contribution in [2.75, 3.05) is 10.0 Å². The highest BCUT2D eigenvalue weighted by molar-refractivity contribution is 7.93. The maximum Gasteiger partial charge on any atom is 0.263 e. The molecule has 1 aromatic heterocycles. The van der Waals surface area contributed by atoms with Crippen molar-refractivity contribution < 1.29 is 26.0 Å². The van der Waals surface area contributed by atoms with Crippen molar-refractivity contribution in [2.45, 2.75) is 22.8 Å². The number of furan rings is 1. The number of rotatable bonds is 7. The number of sulfonamides is 2. The first-order valence-electron chi connectivity index (χ1n) is 8.91. The van der Waals surface area contributed by atoms with Crippen molar-refractivity contribution in [1.29, 1.82) is 0 Å². The van der Waals surface area contributed by atoms with E-state index in [-0.39, 0.29) is 39.4 Å². The molecule has 0 saturated carbocycles. The van der Waals surface area contributed by atoms with Gasteiger partial charge in [0.05, 0.1) is 34.8 Å². The SMILES string of the molecule is O=C1Cc2cc(S(=O)(=O)Nc3cccc(S(=O)(=O)NCc4ccco4)c3)c(Cl)cc2N1. The number of nitrogens with one attached hydrogen (secondary N) is 3. The molecule has 0 bridgehead atoms. The lowest BCUT2D eigenvalue weighted by atomic mass is 10.2. The molecule has 3 N–H and O–H groups in total. The summed E-state index contributed by atoms with van der Waals surface area (Å²) in [4.78, 5) is 11.2. The van der Waals surface area contributed by atoms with Crippen LogP contribution in [0, 0.1) is 0 Å². The number of fused-ring (bicyclic) bond motifs is 1. The predicted octanol–water partition coefficient (Wildman–Crippen LogP) is 2.71. The number of anilines is 2. The summed E-state index contributed by atoms with van der Waals surface area (Å²) < 4.78 is 60.6. The summed E-state index contributed by atoms with van der Waals surface area (Å²) in [5.41, 5.74) is 1.00. The Morgan fingerprint density at radius 1 is 1.03 bits per heavy atom. The Bertz CT molecular complexity index is 1370. The first kappa shape index (κ1) is 21.4. The molecule has 162 valence electrons. The molecule has 1 amide bonds. The second kappa shape index (κ2) is 8.00. The normalized spacial score (nSPS) is 13.6. The van der Waals surface area contributed by atoms with Crippen LogP contribution in [0.1, 0.15) is 11.3 Å². The Kier molecular flexibility index (Phi) is 5.52. The molecule has 0 aliphatic carbocycles. The monoisotopic (exact) mass is 481 g/mol. The molecule has 2 aromatic carbocycles. The predicted molar refractivity (Wildman–Crippen MR) is 114 cm³/mol. The largest absolute Gasteiger partial charge is 0.468 e. The molecule has 1 aliphatic heterocycles. The van der Waals surface area contributed by atoms with Crippen molar-refractivity contribution in [3.05, 3.63) is 71.1 Å². The summed E-state index contributed by atoms with van der Waals surface area (Å²) in [6.45, 7) is -0.0528. The van der Waals surface area contributed by atoms with Gasteiger partial charge in [0, 0.05) is 5.69 Å². The zero-order chi connectivity index (χ0) is 22.2. The molecule has 9 nitrogen and oxygen atoms in total. The molecular formula is C19H16ClN3O6S2. The van der Waals surface area contributed by atoms with Gasteiger partial charge in [-0.2, -0.15) is 0 Å². The lowest BCUT2D eigenvalue weighted by molar-refractivity contribution is -0.115. The van der Waals surface area contributed by atoms with Crippen LogP contribution in [0.2, 0.25) is 5.02 Å². The quantitative estimate of drug-likeness (QED) is 0.475. The maximum atomic E-state index is 12.9. The van der Waals surface area contributed by atoms with Crippen LogP contribution in [-0.4, -0.2) is 22.7 Å². The second-order valence-electron chi connectivity index (χ2n) is 6.70. The lowest BCUT2D eigenvalue weighted by Crippen LogP contribution is -2.23. The first-order valence-corrected chi connectivity index (χ1v) is 12.3. The third-order valence-electron chi connectivity index (χ3n) is 4.49. The van der Waals surface area contributed by atoms with Crippen LogP contribution in [0.15, 0.2) is 69.0 Å². The van der Waals surface area contributed by atoms with Crippen molar-refractivity contribution in [1.82, 2.24) is 4.72 Å². The molecule has 0 radical (unpaired) electrons. The average molecular weight is 482 g/mol. The van der Waals surface area contributed by atoms with Crippen LogP contribution in [0.25, 0.3) is 0 Å². The Morgan fingerprint density at radius 3 is 2.58 bits per heavy atom. The third-order valence-corrected chi connectivity index (χ3v) is 7.73. The van der Waals surface area contributed by atoms with Gasteiger partial charge in [-0.15, -0.1) is 0 Å². The molecule has 4 rings (SSSR count). The van der Waals surface area contributed by atoms with E-state index in [0.717, 1.165) is 0 Å². The van der Waals surface area contributed by atoms with E-state index >= 15 is 0 Å².